The second-order valence-corrected chi connectivity index (χ2v) is 5.86. The van der Waals surface area contributed by atoms with Gasteiger partial charge in [0, 0.05) is 12.0 Å². The molecule has 1 aliphatic carbocycles. The summed E-state index contributed by atoms with van der Waals surface area (Å²) in [6.45, 7) is 5.06. The second kappa shape index (κ2) is 8.52. The Hall–Kier alpha value is -0.570. The third-order valence-corrected chi connectivity index (χ3v) is 4.11. The SMILES string of the molecule is CCCCC(C)NC(=O)C1CCCC(CCN)C1. The van der Waals surface area contributed by atoms with Gasteiger partial charge in [0.05, 0.1) is 0 Å². The summed E-state index contributed by atoms with van der Waals surface area (Å²) in [5.74, 6) is 1.19. The molecule has 0 radical (unpaired) electrons. The number of rotatable bonds is 7. The molecule has 18 heavy (non-hydrogen) atoms. The molecule has 3 atom stereocenters. The van der Waals surface area contributed by atoms with Crippen molar-refractivity contribution in [2.75, 3.05) is 6.54 Å². The highest BCUT2D eigenvalue weighted by molar-refractivity contribution is 5.79. The van der Waals surface area contributed by atoms with Gasteiger partial charge in [-0.05, 0) is 45.1 Å². The second-order valence-electron chi connectivity index (χ2n) is 5.86. The lowest BCUT2D eigenvalue weighted by molar-refractivity contribution is -0.127. The summed E-state index contributed by atoms with van der Waals surface area (Å²) in [4.78, 5) is 12.2. The van der Waals surface area contributed by atoms with Crippen LogP contribution in [0.2, 0.25) is 0 Å². The minimum atomic E-state index is 0.236. The summed E-state index contributed by atoms with van der Waals surface area (Å²) >= 11 is 0. The molecule has 1 saturated carbocycles. The average molecular weight is 254 g/mol. The highest BCUT2D eigenvalue weighted by atomic mass is 16.1. The highest BCUT2D eigenvalue weighted by Gasteiger charge is 2.27. The topological polar surface area (TPSA) is 55.1 Å². The molecule has 3 N–H and O–H groups in total. The number of unbranched alkanes of at least 4 members (excludes halogenated alkanes) is 1. The molecule has 0 saturated heterocycles. The fraction of sp³-hybridized carbons (Fsp3) is 0.933. The quantitative estimate of drug-likeness (QED) is 0.734. The van der Waals surface area contributed by atoms with E-state index in [0.29, 0.717) is 12.0 Å². The van der Waals surface area contributed by atoms with Crippen molar-refractivity contribution in [2.45, 2.75) is 71.3 Å². The molecule has 0 aromatic carbocycles. The van der Waals surface area contributed by atoms with Gasteiger partial charge in [-0.1, -0.05) is 32.6 Å². The summed E-state index contributed by atoms with van der Waals surface area (Å²) in [6.07, 6.45) is 9.12. The van der Waals surface area contributed by atoms with Crippen LogP contribution in [0.1, 0.15) is 65.2 Å². The van der Waals surface area contributed by atoms with E-state index in [1.54, 1.807) is 0 Å². The van der Waals surface area contributed by atoms with Crippen LogP contribution in [0.15, 0.2) is 0 Å². The van der Waals surface area contributed by atoms with E-state index >= 15 is 0 Å². The maximum Gasteiger partial charge on any atom is 0.223 e. The van der Waals surface area contributed by atoms with Crippen molar-refractivity contribution in [1.29, 1.82) is 0 Å². The van der Waals surface area contributed by atoms with Crippen molar-refractivity contribution in [3.05, 3.63) is 0 Å². The molecule has 0 aromatic rings. The normalized spacial score (nSPS) is 25.7. The third kappa shape index (κ3) is 5.38. The zero-order chi connectivity index (χ0) is 13.4. The molecule has 0 aromatic heterocycles. The Bertz CT molecular complexity index is 241. The van der Waals surface area contributed by atoms with Crippen LogP contribution in [0.3, 0.4) is 0 Å². The van der Waals surface area contributed by atoms with Crippen LogP contribution in [-0.2, 0) is 4.79 Å². The predicted molar refractivity (Wildman–Crippen MR) is 76.2 cm³/mol. The Balaban J connectivity index is 2.31. The van der Waals surface area contributed by atoms with Crippen LogP contribution in [0.25, 0.3) is 0 Å². The van der Waals surface area contributed by atoms with Crippen LogP contribution in [-0.4, -0.2) is 18.5 Å². The van der Waals surface area contributed by atoms with Gasteiger partial charge in [-0.15, -0.1) is 0 Å². The number of hydrogen-bond donors (Lipinski definition) is 2. The van der Waals surface area contributed by atoms with Gasteiger partial charge in [-0.25, -0.2) is 0 Å². The first kappa shape index (κ1) is 15.5. The molecule has 1 rings (SSSR count). The van der Waals surface area contributed by atoms with Crippen LogP contribution in [0.5, 0.6) is 0 Å². The van der Waals surface area contributed by atoms with E-state index in [4.69, 9.17) is 5.73 Å². The lowest BCUT2D eigenvalue weighted by Gasteiger charge is -2.29. The van der Waals surface area contributed by atoms with Crippen molar-refractivity contribution in [3.63, 3.8) is 0 Å². The van der Waals surface area contributed by atoms with E-state index in [0.717, 1.165) is 32.2 Å². The molecular formula is C15H30N2O. The minimum absolute atomic E-state index is 0.236. The van der Waals surface area contributed by atoms with E-state index in [1.165, 1.54) is 25.7 Å². The van der Waals surface area contributed by atoms with Crippen molar-refractivity contribution in [1.82, 2.24) is 5.32 Å². The van der Waals surface area contributed by atoms with E-state index in [1.807, 2.05) is 0 Å². The van der Waals surface area contributed by atoms with E-state index < -0.39 is 0 Å². The predicted octanol–water partition coefficient (Wildman–Crippen LogP) is 2.84. The molecule has 1 amide bonds. The van der Waals surface area contributed by atoms with Gasteiger partial charge < -0.3 is 11.1 Å². The number of nitrogens with two attached hydrogens (primary N) is 1. The van der Waals surface area contributed by atoms with Crippen molar-refractivity contribution in [2.24, 2.45) is 17.6 Å². The molecule has 1 aliphatic rings. The molecule has 0 heterocycles. The number of carbonyl (C=O) groups excluding carboxylic acids is 1. The molecule has 3 heteroatoms. The Kier molecular flexibility index (Phi) is 7.33. The highest BCUT2D eigenvalue weighted by Crippen LogP contribution is 2.31. The first-order valence-corrected chi connectivity index (χ1v) is 7.67. The number of amides is 1. The average Bonchev–Trinajstić information content (AvgIpc) is 2.37. The van der Waals surface area contributed by atoms with Crippen LogP contribution in [0.4, 0.5) is 0 Å². The molecule has 3 nitrogen and oxygen atoms in total. The Morgan fingerprint density at radius 3 is 2.89 bits per heavy atom. The van der Waals surface area contributed by atoms with Gasteiger partial charge in [-0.3, -0.25) is 4.79 Å². The van der Waals surface area contributed by atoms with Gasteiger partial charge in [-0.2, -0.15) is 0 Å². The lowest BCUT2D eigenvalue weighted by Crippen LogP contribution is -2.39. The van der Waals surface area contributed by atoms with E-state index in [-0.39, 0.29) is 11.8 Å². The smallest absolute Gasteiger partial charge is 0.223 e. The van der Waals surface area contributed by atoms with Gasteiger partial charge in [0.25, 0.3) is 0 Å². The summed E-state index contributed by atoms with van der Waals surface area (Å²) in [5, 5.41) is 3.18. The Morgan fingerprint density at radius 1 is 1.44 bits per heavy atom. The summed E-state index contributed by atoms with van der Waals surface area (Å²) in [5.41, 5.74) is 5.62. The van der Waals surface area contributed by atoms with E-state index in [2.05, 4.69) is 19.2 Å². The fourth-order valence-corrected chi connectivity index (χ4v) is 2.97. The largest absolute Gasteiger partial charge is 0.353 e. The maximum absolute atomic E-state index is 12.2. The van der Waals surface area contributed by atoms with Crippen LogP contribution in [0, 0.1) is 11.8 Å². The van der Waals surface area contributed by atoms with Crippen molar-refractivity contribution in [3.8, 4) is 0 Å². The Labute approximate surface area is 112 Å². The Morgan fingerprint density at radius 2 is 2.22 bits per heavy atom. The van der Waals surface area contributed by atoms with Gasteiger partial charge in [0.15, 0.2) is 0 Å². The van der Waals surface area contributed by atoms with Crippen LogP contribution >= 0.6 is 0 Å². The number of carbonyl (C=O) groups is 1. The van der Waals surface area contributed by atoms with Crippen molar-refractivity contribution < 1.29 is 4.79 Å². The number of hydrogen-bond acceptors (Lipinski definition) is 2. The summed E-state index contributed by atoms with van der Waals surface area (Å²) < 4.78 is 0. The first-order chi connectivity index (χ1) is 8.67. The maximum atomic E-state index is 12.2. The summed E-state index contributed by atoms with van der Waals surface area (Å²) in [6, 6.07) is 0.326. The molecule has 1 fully saturated rings. The van der Waals surface area contributed by atoms with Gasteiger partial charge in [0.1, 0.15) is 0 Å². The zero-order valence-corrected chi connectivity index (χ0v) is 12.1. The molecule has 0 aliphatic heterocycles. The molecular weight excluding hydrogens is 224 g/mol. The zero-order valence-electron chi connectivity index (χ0n) is 12.1. The molecule has 0 bridgehead atoms. The molecule has 3 unspecified atom stereocenters. The van der Waals surface area contributed by atoms with E-state index in [9.17, 15) is 4.79 Å². The number of nitrogens with one attached hydrogen (secondary N) is 1. The minimum Gasteiger partial charge on any atom is -0.353 e. The van der Waals surface area contributed by atoms with Crippen molar-refractivity contribution >= 4 is 5.91 Å². The monoisotopic (exact) mass is 254 g/mol. The molecule has 0 spiro atoms. The standard InChI is InChI=1S/C15H30N2O/c1-3-4-6-12(2)17-15(18)14-8-5-7-13(11-14)9-10-16/h12-14H,3-11,16H2,1-2H3,(H,17,18). The molecule has 106 valence electrons. The lowest BCUT2D eigenvalue weighted by atomic mass is 9.79. The van der Waals surface area contributed by atoms with Crippen LogP contribution < -0.4 is 11.1 Å². The van der Waals surface area contributed by atoms with Gasteiger partial charge in [0.2, 0.25) is 5.91 Å². The fourth-order valence-electron chi connectivity index (χ4n) is 2.97. The summed E-state index contributed by atoms with van der Waals surface area (Å²) in [7, 11) is 0. The first-order valence-electron chi connectivity index (χ1n) is 7.67. The third-order valence-electron chi connectivity index (χ3n) is 4.11. The van der Waals surface area contributed by atoms with Gasteiger partial charge >= 0.3 is 0 Å².